The molecule has 0 fully saturated rings. The Morgan fingerprint density at radius 1 is 1.33 bits per heavy atom. The van der Waals surface area contributed by atoms with E-state index in [1.807, 2.05) is 0 Å². The van der Waals surface area contributed by atoms with Crippen LogP contribution in [0.15, 0.2) is 34.9 Å². The van der Waals surface area contributed by atoms with Crippen molar-refractivity contribution in [2.24, 2.45) is 0 Å². The van der Waals surface area contributed by atoms with Crippen molar-refractivity contribution in [3.8, 4) is 0 Å². The average molecular weight is 162 g/mol. The SMILES string of the molecule is O=C(O)c1ccc2occc2c1. The fourth-order valence-electron chi connectivity index (χ4n) is 1.10. The molecule has 0 aliphatic carbocycles. The molecular formula is C9H6O3. The minimum atomic E-state index is -0.918. The number of carbonyl (C=O) groups is 1. The molecule has 0 bridgehead atoms. The van der Waals surface area contributed by atoms with E-state index < -0.39 is 5.97 Å². The molecule has 1 aromatic heterocycles. The van der Waals surface area contributed by atoms with Crippen molar-refractivity contribution in [3.63, 3.8) is 0 Å². The minimum absolute atomic E-state index is 0.281. The summed E-state index contributed by atoms with van der Waals surface area (Å²) in [4.78, 5) is 10.5. The maximum absolute atomic E-state index is 10.5. The van der Waals surface area contributed by atoms with E-state index in [4.69, 9.17) is 9.52 Å². The topological polar surface area (TPSA) is 50.4 Å². The van der Waals surface area contributed by atoms with Crippen LogP contribution in [-0.2, 0) is 0 Å². The first-order chi connectivity index (χ1) is 5.77. The standard InChI is InChI=1S/C9H6O3/c10-9(11)7-1-2-8-6(5-7)3-4-12-8/h1-5H,(H,10,11). The van der Waals surface area contributed by atoms with Crippen LogP contribution in [-0.4, -0.2) is 11.1 Å². The molecule has 0 spiro atoms. The first kappa shape index (κ1) is 6.91. The smallest absolute Gasteiger partial charge is 0.335 e. The Morgan fingerprint density at radius 3 is 2.92 bits per heavy atom. The van der Waals surface area contributed by atoms with Gasteiger partial charge in [0.1, 0.15) is 5.58 Å². The van der Waals surface area contributed by atoms with Gasteiger partial charge >= 0.3 is 5.97 Å². The quantitative estimate of drug-likeness (QED) is 0.698. The van der Waals surface area contributed by atoms with Crippen LogP contribution in [0, 0.1) is 0 Å². The summed E-state index contributed by atoms with van der Waals surface area (Å²) in [6.45, 7) is 0. The molecule has 0 aliphatic heterocycles. The van der Waals surface area contributed by atoms with Crippen molar-refractivity contribution in [1.29, 1.82) is 0 Å². The summed E-state index contributed by atoms with van der Waals surface area (Å²) < 4.78 is 5.06. The summed E-state index contributed by atoms with van der Waals surface area (Å²) in [6, 6.07) is 6.50. The third-order valence-corrected chi connectivity index (χ3v) is 1.70. The molecule has 0 radical (unpaired) electrons. The van der Waals surface area contributed by atoms with Crippen LogP contribution >= 0.6 is 0 Å². The predicted octanol–water partition coefficient (Wildman–Crippen LogP) is 2.13. The van der Waals surface area contributed by atoms with Crippen molar-refractivity contribution in [3.05, 3.63) is 36.1 Å². The molecule has 3 nitrogen and oxygen atoms in total. The number of fused-ring (bicyclic) bond motifs is 1. The lowest BCUT2D eigenvalue weighted by Crippen LogP contribution is -1.94. The molecule has 2 rings (SSSR count). The number of benzene rings is 1. The van der Waals surface area contributed by atoms with E-state index in [2.05, 4.69) is 0 Å². The van der Waals surface area contributed by atoms with E-state index >= 15 is 0 Å². The fraction of sp³-hybridized carbons (Fsp3) is 0. The van der Waals surface area contributed by atoms with Gasteiger partial charge < -0.3 is 9.52 Å². The number of aromatic carboxylic acids is 1. The Balaban J connectivity index is 2.68. The van der Waals surface area contributed by atoms with Gasteiger partial charge in [0.25, 0.3) is 0 Å². The van der Waals surface area contributed by atoms with Gasteiger partial charge in [0, 0.05) is 5.39 Å². The maximum atomic E-state index is 10.5. The maximum Gasteiger partial charge on any atom is 0.335 e. The molecule has 0 aliphatic rings. The Bertz CT molecular complexity index is 428. The van der Waals surface area contributed by atoms with E-state index in [9.17, 15) is 4.79 Å². The summed E-state index contributed by atoms with van der Waals surface area (Å²) in [5, 5.41) is 9.47. The second-order valence-electron chi connectivity index (χ2n) is 2.48. The summed E-state index contributed by atoms with van der Waals surface area (Å²) in [6.07, 6.45) is 1.54. The molecule has 0 saturated heterocycles. The third kappa shape index (κ3) is 0.955. The second-order valence-corrected chi connectivity index (χ2v) is 2.48. The molecule has 0 atom stereocenters. The van der Waals surface area contributed by atoms with Crippen molar-refractivity contribution in [2.75, 3.05) is 0 Å². The minimum Gasteiger partial charge on any atom is -0.478 e. The fourth-order valence-corrected chi connectivity index (χ4v) is 1.10. The molecule has 2 aromatic rings. The van der Waals surface area contributed by atoms with Crippen LogP contribution < -0.4 is 0 Å². The summed E-state index contributed by atoms with van der Waals surface area (Å²) >= 11 is 0. The second kappa shape index (κ2) is 2.37. The molecule has 0 amide bonds. The van der Waals surface area contributed by atoms with E-state index in [0.717, 1.165) is 5.39 Å². The number of furan rings is 1. The Morgan fingerprint density at radius 2 is 2.17 bits per heavy atom. The van der Waals surface area contributed by atoms with Crippen molar-refractivity contribution in [1.82, 2.24) is 0 Å². The number of carboxylic acid groups (broad SMARTS) is 1. The summed E-state index contributed by atoms with van der Waals surface area (Å²) in [5.41, 5.74) is 0.990. The molecule has 0 saturated carbocycles. The predicted molar refractivity (Wildman–Crippen MR) is 43.2 cm³/mol. The molecule has 0 unspecified atom stereocenters. The number of hydrogen-bond acceptors (Lipinski definition) is 2. The van der Waals surface area contributed by atoms with Crippen LogP contribution in [0.3, 0.4) is 0 Å². The highest BCUT2D eigenvalue weighted by Gasteiger charge is 2.03. The molecule has 3 heteroatoms. The van der Waals surface area contributed by atoms with Crippen molar-refractivity contribution in [2.45, 2.75) is 0 Å². The zero-order chi connectivity index (χ0) is 8.55. The van der Waals surface area contributed by atoms with Gasteiger partial charge in [-0.25, -0.2) is 4.79 Å². The Hall–Kier alpha value is -1.77. The van der Waals surface area contributed by atoms with Crippen LogP contribution in [0.2, 0.25) is 0 Å². The van der Waals surface area contributed by atoms with E-state index in [0.29, 0.717) is 5.58 Å². The van der Waals surface area contributed by atoms with Gasteiger partial charge in [-0.05, 0) is 24.3 Å². The van der Waals surface area contributed by atoms with Gasteiger partial charge in [-0.3, -0.25) is 0 Å². The van der Waals surface area contributed by atoms with Gasteiger partial charge in [-0.2, -0.15) is 0 Å². The highest BCUT2D eigenvalue weighted by Crippen LogP contribution is 2.16. The van der Waals surface area contributed by atoms with Crippen LogP contribution in [0.1, 0.15) is 10.4 Å². The first-order valence-electron chi connectivity index (χ1n) is 3.48. The number of carboxylic acids is 1. The van der Waals surface area contributed by atoms with Gasteiger partial charge in [0.2, 0.25) is 0 Å². The van der Waals surface area contributed by atoms with Gasteiger partial charge in [0.05, 0.1) is 11.8 Å². The molecule has 60 valence electrons. The van der Waals surface area contributed by atoms with E-state index in [-0.39, 0.29) is 5.56 Å². The Labute approximate surface area is 68.2 Å². The van der Waals surface area contributed by atoms with Crippen molar-refractivity contribution < 1.29 is 14.3 Å². The van der Waals surface area contributed by atoms with Gasteiger partial charge in [-0.1, -0.05) is 0 Å². The zero-order valence-electron chi connectivity index (χ0n) is 6.15. The molecule has 1 aromatic carbocycles. The first-order valence-corrected chi connectivity index (χ1v) is 3.48. The molecule has 1 N–H and O–H groups in total. The largest absolute Gasteiger partial charge is 0.478 e. The number of rotatable bonds is 1. The van der Waals surface area contributed by atoms with Gasteiger partial charge in [0.15, 0.2) is 0 Å². The van der Waals surface area contributed by atoms with E-state index in [1.54, 1.807) is 18.2 Å². The monoisotopic (exact) mass is 162 g/mol. The highest BCUT2D eigenvalue weighted by molar-refractivity contribution is 5.92. The lowest BCUT2D eigenvalue weighted by Gasteiger charge is -1.92. The lowest BCUT2D eigenvalue weighted by atomic mass is 10.2. The van der Waals surface area contributed by atoms with Crippen molar-refractivity contribution >= 4 is 16.9 Å². The Kier molecular flexibility index (Phi) is 1.37. The number of hydrogen-bond donors (Lipinski definition) is 1. The van der Waals surface area contributed by atoms with Crippen LogP contribution in [0.5, 0.6) is 0 Å². The van der Waals surface area contributed by atoms with Crippen LogP contribution in [0.4, 0.5) is 0 Å². The highest BCUT2D eigenvalue weighted by atomic mass is 16.4. The molecule has 12 heavy (non-hydrogen) atoms. The lowest BCUT2D eigenvalue weighted by molar-refractivity contribution is 0.0697. The normalized spacial score (nSPS) is 10.3. The van der Waals surface area contributed by atoms with E-state index in [1.165, 1.54) is 12.3 Å². The van der Waals surface area contributed by atoms with Gasteiger partial charge in [-0.15, -0.1) is 0 Å². The van der Waals surface area contributed by atoms with Crippen LogP contribution in [0.25, 0.3) is 11.0 Å². The molecule has 1 heterocycles. The third-order valence-electron chi connectivity index (χ3n) is 1.70. The summed E-state index contributed by atoms with van der Waals surface area (Å²) in [5.74, 6) is -0.918. The summed E-state index contributed by atoms with van der Waals surface area (Å²) in [7, 11) is 0. The zero-order valence-corrected chi connectivity index (χ0v) is 6.15. The average Bonchev–Trinajstić information content (AvgIpc) is 2.49. The molecular weight excluding hydrogens is 156 g/mol.